The fourth-order valence-corrected chi connectivity index (χ4v) is 1.99. The number of nitrogens with one attached hydrogen (secondary N) is 1. The van der Waals surface area contributed by atoms with Crippen LogP contribution in [0.15, 0.2) is 0 Å². The van der Waals surface area contributed by atoms with Crippen LogP contribution < -0.4 is 5.32 Å². The Hall–Kier alpha value is -0.120. The number of hydrogen-bond donors (Lipinski definition) is 2. The normalized spacial score (nSPS) is 15.2. The van der Waals surface area contributed by atoms with Crippen molar-refractivity contribution in [2.24, 2.45) is 5.92 Å². The first-order valence-corrected chi connectivity index (χ1v) is 7.05. The van der Waals surface area contributed by atoms with Crippen LogP contribution in [0.4, 0.5) is 0 Å². The number of aliphatic hydroxyl groups excluding tert-OH is 1. The van der Waals surface area contributed by atoms with E-state index in [9.17, 15) is 5.11 Å². The molecule has 1 atom stereocenters. The van der Waals surface area contributed by atoms with Gasteiger partial charge in [-0.2, -0.15) is 0 Å². The minimum absolute atomic E-state index is 0.146. The summed E-state index contributed by atoms with van der Waals surface area (Å²) in [4.78, 5) is 0. The fourth-order valence-electron chi connectivity index (χ4n) is 1.99. The highest BCUT2D eigenvalue weighted by molar-refractivity contribution is 4.81. The van der Waals surface area contributed by atoms with Crippen LogP contribution >= 0.6 is 0 Å². The van der Waals surface area contributed by atoms with Crippen molar-refractivity contribution in [3.63, 3.8) is 0 Å². The van der Waals surface area contributed by atoms with Gasteiger partial charge in [-0.05, 0) is 32.2 Å². The first-order chi connectivity index (χ1) is 8.11. The predicted octanol–water partition coefficient (Wildman–Crippen LogP) is 2.58. The Balaban J connectivity index is 3.61. The van der Waals surface area contributed by atoms with Gasteiger partial charge in [0.25, 0.3) is 0 Å². The van der Waals surface area contributed by atoms with Gasteiger partial charge in [-0.1, -0.05) is 33.6 Å². The van der Waals surface area contributed by atoms with Crippen LogP contribution in [0.1, 0.15) is 53.4 Å². The van der Waals surface area contributed by atoms with E-state index in [2.05, 4.69) is 33.0 Å². The summed E-state index contributed by atoms with van der Waals surface area (Å²) in [6.07, 6.45) is 4.36. The number of rotatable bonds is 11. The van der Waals surface area contributed by atoms with E-state index in [-0.39, 0.29) is 12.1 Å². The second kappa shape index (κ2) is 9.86. The second-order valence-corrected chi connectivity index (χ2v) is 5.11. The zero-order valence-corrected chi connectivity index (χ0v) is 12.1. The lowest BCUT2D eigenvalue weighted by atomic mass is 9.97. The average molecular weight is 245 g/mol. The molecule has 0 radical (unpaired) electrons. The topological polar surface area (TPSA) is 41.5 Å². The van der Waals surface area contributed by atoms with Crippen LogP contribution in [0.2, 0.25) is 0 Å². The van der Waals surface area contributed by atoms with E-state index in [1.165, 1.54) is 12.8 Å². The Kier molecular flexibility index (Phi) is 9.79. The van der Waals surface area contributed by atoms with Crippen molar-refractivity contribution in [1.29, 1.82) is 0 Å². The van der Waals surface area contributed by atoms with Crippen molar-refractivity contribution in [3.8, 4) is 0 Å². The largest absolute Gasteiger partial charge is 0.394 e. The summed E-state index contributed by atoms with van der Waals surface area (Å²) in [7, 11) is 0. The van der Waals surface area contributed by atoms with Gasteiger partial charge in [0.1, 0.15) is 0 Å². The molecular formula is C14H31NO2. The molecule has 0 aliphatic rings. The summed E-state index contributed by atoms with van der Waals surface area (Å²) in [6.45, 7) is 11.3. The van der Waals surface area contributed by atoms with Crippen molar-refractivity contribution in [2.75, 3.05) is 26.4 Å². The molecule has 17 heavy (non-hydrogen) atoms. The quantitative estimate of drug-likeness (QED) is 0.550. The van der Waals surface area contributed by atoms with Gasteiger partial charge in [0, 0.05) is 18.8 Å². The number of likely N-dealkylation sites (N-methyl/N-ethyl adjacent to an activating group) is 1. The van der Waals surface area contributed by atoms with E-state index in [1.54, 1.807) is 0 Å². The molecule has 0 aliphatic carbocycles. The molecule has 2 N–H and O–H groups in total. The number of aliphatic hydroxyl groups is 1. The Morgan fingerprint density at radius 3 is 2.35 bits per heavy atom. The van der Waals surface area contributed by atoms with Crippen molar-refractivity contribution >= 4 is 0 Å². The molecule has 0 amide bonds. The standard InChI is InChI=1S/C14H31NO2/c1-5-13(6-2)11-17-10-8-9-14(4,12-16)15-7-3/h13,15-16H,5-12H2,1-4H3. The molecule has 0 aromatic heterocycles. The highest BCUT2D eigenvalue weighted by atomic mass is 16.5. The van der Waals surface area contributed by atoms with Gasteiger partial charge in [0.2, 0.25) is 0 Å². The fraction of sp³-hybridized carbons (Fsp3) is 1.00. The summed E-state index contributed by atoms with van der Waals surface area (Å²) >= 11 is 0. The van der Waals surface area contributed by atoms with Crippen LogP contribution in [0.3, 0.4) is 0 Å². The van der Waals surface area contributed by atoms with Crippen LogP contribution in [0.5, 0.6) is 0 Å². The molecule has 104 valence electrons. The van der Waals surface area contributed by atoms with Gasteiger partial charge in [0.15, 0.2) is 0 Å². The Labute approximate surface area is 107 Å². The number of ether oxygens (including phenoxy) is 1. The number of hydrogen-bond acceptors (Lipinski definition) is 3. The van der Waals surface area contributed by atoms with Gasteiger partial charge in [-0.15, -0.1) is 0 Å². The van der Waals surface area contributed by atoms with E-state index in [4.69, 9.17) is 4.74 Å². The summed E-state index contributed by atoms with van der Waals surface area (Å²) < 4.78 is 5.69. The van der Waals surface area contributed by atoms with Gasteiger partial charge >= 0.3 is 0 Å². The lowest BCUT2D eigenvalue weighted by Gasteiger charge is -2.28. The molecule has 0 aliphatic heterocycles. The molecule has 0 rings (SSSR count). The Morgan fingerprint density at radius 2 is 1.88 bits per heavy atom. The summed E-state index contributed by atoms with van der Waals surface area (Å²) in [5, 5.41) is 12.7. The summed E-state index contributed by atoms with van der Waals surface area (Å²) in [5.41, 5.74) is -0.146. The third-order valence-electron chi connectivity index (χ3n) is 3.48. The monoisotopic (exact) mass is 245 g/mol. The zero-order chi connectivity index (χ0) is 13.1. The molecule has 0 saturated carbocycles. The maximum Gasteiger partial charge on any atom is 0.0610 e. The van der Waals surface area contributed by atoms with Gasteiger partial charge < -0.3 is 15.2 Å². The highest BCUT2D eigenvalue weighted by Gasteiger charge is 2.20. The van der Waals surface area contributed by atoms with Crippen molar-refractivity contribution in [1.82, 2.24) is 5.32 Å². The van der Waals surface area contributed by atoms with Crippen molar-refractivity contribution in [3.05, 3.63) is 0 Å². The smallest absolute Gasteiger partial charge is 0.0610 e. The molecule has 0 bridgehead atoms. The van der Waals surface area contributed by atoms with E-state index >= 15 is 0 Å². The first-order valence-electron chi connectivity index (χ1n) is 7.05. The minimum atomic E-state index is -0.146. The Bertz CT molecular complexity index is 172. The minimum Gasteiger partial charge on any atom is -0.394 e. The van der Waals surface area contributed by atoms with Crippen LogP contribution in [-0.4, -0.2) is 37.0 Å². The molecule has 0 saturated heterocycles. The van der Waals surface area contributed by atoms with Gasteiger partial charge in [-0.25, -0.2) is 0 Å². The average Bonchev–Trinajstić information content (AvgIpc) is 2.34. The third-order valence-corrected chi connectivity index (χ3v) is 3.48. The maximum absolute atomic E-state index is 9.33. The molecule has 0 aromatic carbocycles. The van der Waals surface area contributed by atoms with Crippen LogP contribution in [-0.2, 0) is 4.74 Å². The molecule has 3 heteroatoms. The molecule has 0 heterocycles. The second-order valence-electron chi connectivity index (χ2n) is 5.11. The van der Waals surface area contributed by atoms with Crippen molar-refractivity contribution in [2.45, 2.75) is 58.9 Å². The maximum atomic E-state index is 9.33. The summed E-state index contributed by atoms with van der Waals surface area (Å²) in [6, 6.07) is 0. The van der Waals surface area contributed by atoms with Crippen LogP contribution in [0.25, 0.3) is 0 Å². The van der Waals surface area contributed by atoms with E-state index in [0.717, 1.165) is 32.6 Å². The third kappa shape index (κ3) is 7.74. The van der Waals surface area contributed by atoms with E-state index < -0.39 is 0 Å². The lowest BCUT2D eigenvalue weighted by Crippen LogP contribution is -2.45. The van der Waals surface area contributed by atoms with Crippen molar-refractivity contribution < 1.29 is 9.84 Å². The molecule has 1 unspecified atom stereocenters. The molecule has 0 spiro atoms. The molecule has 3 nitrogen and oxygen atoms in total. The van der Waals surface area contributed by atoms with Gasteiger partial charge in [-0.3, -0.25) is 0 Å². The van der Waals surface area contributed by atoms with Gasteiger partial charge in [0.05, 0.1) is 6.61 Å². The predicted molar refractivity (Wildman–Crippen MR) is 73.3 cm³/mol. The zero-order valence-electron chi connectivity index (χ0n) is 12.1. The van der Waals surface area contributed by atoms with E-state index in [0.29, 0.717) is 5.92 Å². The molecule has 0 fully saturated rings. The first kappa shape index (κ1) is 16.9. The summed E-state index contributed by atoms with van der Waals surface area (Å²) in [5.74, 6) is 0.702. The SMILES string of the molecule is CCNC(C)(CO)CCCOCC(CC)CC. The lowest BCUT2D eigenvalue weighted by molar-refractivity contribution is 0.0829. The van der Waals surface area contributed by atoms with Crippen LogP contribution in [0, 0.1) is 5.92 Å². The highest BCUT2D eigenvalue weighted by Crippen LogP contribution is 2.12. The van der Waals surface area contributed by atoms with E-state index in [1.807, 2.05) is 0 Å². The molecular weight excluding hydrogens is 214 g/mol. The Morgan fingerprint density at radius 1 is 1.24 bits per heavy atom. The molecule has 0 aromatic rings.